The lowest BCUT2D eigenvalue weighted by atomic mass is 10.1. The lowest BCUT2D eigenvalue weighted by Gasteiger charge is -2.04. The minimum absolute atomic E-state index is 0.0985. The second-order valence-electron chi connectivity index (χ2n) is 5.53. The third kappa shape index (κ3) is 2.87. The molecule has 0 aliphatic rings. The molecule has 1 heterocycles. The highest BCUT2D eigenvalue weighted by molar-refractivity contribution is 6.31. The van der Waals surface area contributed by atoms with Crippen molar-refractivity contribution >= 4 is 39.8 Å². The number of hydrogen-bond acceptors (Lipinski definition) is 1. The molecule has 0 spiro atoms. The van der Waals surface area contributed by atoms with Gasteiger partial charge in [0.25, 0.3) is 0 Å². The molecule has 2 aromatic carbocycles. The quantitative estimate of drug-likeness (QED) is 0.535. The maximum absolute atomic E-state index is 13.8. The predicted molar refractivity (Wildman–Crippen MR) is 95.3 cm³/mol. The van der Waals surface area contributed by atoms with Gasteiger partial charge in [0, 0.05) is 16.0 Å². The van der Waals surface area contributed by atoms with Gasteiger partial charge in [0.05, 0.1) is 16.2 Å². The fourth-order valence-electron chi connectivity index (χ4n) is 2.49. The lowest BCUT2D eigenvalue weighted by Crippen LogP contribution is -1.97. The van der Waals surface area contributed by atoms with E-state index in [1.807, 2.05) is 39.0 Å². The van der Waals surface area contributed by atoms with Gasteiger partial charge in [-0.1, -0.05) is 40.9 Å². The van der Waals surface area contributed by atoms with Gasteiger partial charge < -0.3 is 0 Å². The number of aryl methyl sites for hydroxylation is 1. The Morgan fingerprint density at radius 1 is 1.13 bits per heavy atom. The summed E-state index contributed by atoms with van der Waals surface area (Å²) in [6.07, 6.45) is 0. The molecular weight excluding hydrogens is 334 g/mol. The average Bonchev–Trinajstić information content (AvgIpc) is 2.87. The third-order valence-corrected chi connectivity index (χ3v) is 4.42. The smallest absolute Gasteiger partial charge is 0.142 e. The Hall–Kier alpha value is -1.84. The number of aromatic nitrogens is 2. The highest BCUT2D eigenvalue weighted by atomic mass is 35.5. The summed E-state index contributed by atoms with van der Waals surface area (Å²) in [7, 11) is 0. The lowest BCUT2D eigenvalue weighted by molar-refractivity contribution is 0.628. The van der Waals surface area contributed by atoms with Gasteiger partial charge in [-0.15, -0.1) is 0 Å². The van der Waals surface area contributed by atoms with Crippen LogP contribution >= 0.6 is 23.2 Å². The van der Waals surface area contributed by atoms with Crippen molar-refractivity contribution in [2.45, 2.75) is 20.8 Å². The summed E-state index contributed by atoms with van der Waals surface area (Å²) in [6.45, 7) is 5.74. The molecule has 118 valence electrons. The van der Waals surface area contributed by atoms with E-state index in [2.05, 4.69) is 5.10 Å². The molecule has 0 N–H and O–H groups in total. The summed E-state index contributed by atoms with van der Waals surface area (Å²) in [6, 6.07) is 10.8. The van der Waals surface area contributed by atoms with Crippen LogP contribution in [0.2, 0.25) is 5.02 Å². The molecule has 2 nitrogen and oxygen atoms in total. The molecule has 3 rings (SSSR count). The first-order valence-corrected chi connectivity index (χ1v) is 7.92. The van der Waals surface area contributed by atoms with Crippen molar-refractivity contribution in [3.63, 3.8) is 0 Å². The van der Waals surface area contributed by atoms with Crippen LogP contribution in [0.3, 0.4) is 0 Å². The molecule has 0 aliphatic heterocycles. The Labute approximate surface area is 144 Å². The third-order valence-electron chi connectivity index (χ3n) is 3.84. The molecule has 0 aliphatic carbocycles. The van der Waals surface area contributed by atoms with Crippen LogP contribution in [0.1, 0.15) is 19.4 Å². The summed E-state index contributed by atoms with van der Waals surface area (Å²) >= 11 is 11.9. The number of nitrogens with zero attached hydrogens (tertiary/aromatic N) is 2. The van der Waals surface area contributed by atoms with Crippen molar-refractivity contribution < 1.29 is 4.39 Å². The normalized spacial score (nSPS) is 12.6. The largest absolute Gasteiger partial charge is 0.236 e. The molecule has 0 fully saturated rings. The second kappa shape index (κ2) is 5.99. The first-order valence-electron chi connectivity index (χ1n) is 7.16. The summed E-state index contributed by atoms with van der Waals surface area (Å²) in [5.74, 6) is -0.458. The maximum Gasteiger partial charge on any atom is 0.142 e. The van der Waals surface area contributed by atoms with Crippen LogP contribution in [-0.4, -0.2) is 9.78 Å². The molecule has 0 saturated heterocycles. The van der Waals surface area contributed by atoms with Crippen LogP contribution in [0.25, 0.3) is 27.9 Å². The molecule has 0 unspecified atom stereocenters. The van der Waals surface area contributed by atoms with Crippen LogP contribution < -0.4 is 0 Å². The van der Waals surface area contributed by atoms with Gasteiger partial charge in [-0.25, -0.2) is 9.07 Å². The molecule has 0 amide bonds. The molecule has 23 heavy (non-hydrogen) atoms. The standard InChI is InChI=1S/C18H15Cl2FN2/c1-10-4-7-17-14(8-10)18(22-23(17)12(3)11(2)19)13-5-6-15(20)16(21)9-13/h4-9H,1-3H3/b12-11-. The molecular formula is C18H15Cl2FN2. The minimum Gasteiger partial charge on any atom is -0.236 e. The molecule has 1 aromatic heterocycles. The van der Waals surface area contributed by atoms with Crippen molar-refractivity contribution in [1.29, 1.82) is 0 Å². The van der Waals surface area contributed by atoms with E-state index in [1.165, 1.54) is 6.07 Å². The number of benzene rings is 2. The molecule has 0 saturated carbocycles. The van der Waals surface area contributed by atoms with Crippen molar-refractivity contribution in [1.82, 2.24) is 9.78 Å². The number of halogens is 3. The molecule has 5 heteroatoms. The molecule has 0 bridgehead atoms. The van der Waals surface area contributed by atoms with E-state index in [9.17, 15) is 4.39 Å². The number of rotatable bonds is 2. The monoisotopic (exact) mass is 348 g/mol. The zero-order valence-electron chi connectivity index (χ0n) is 13.0. The summed E-state index contributed by atoms with van der Waals surface area (Å²) < 4.78 is 15.6. The van der Waals surface area contributed by atoms with Crippen LogP contribution in [0.4, 0.5) is 4.39 Å². The van der Waals surface area contributed by atoms with Gasteiger partial charge in [-0.05, 0) is 45.0 Å². The number of hydrogen-bond donors (Lipinski definition) is 0. The molecule has 0 radical (unpaired) electrons. The van der Waals surface area contributed by atoms with E-state index in [-0.39, 0.29) is 5.02 Å². The zero-order valence-corrected chi connectivity index (χ0v) is 14.5. The number of fused-ring (bicyclic) bond motifs is 1. The van der Waals surface area contributed by atoms with E-state index in [1.54, 1.807) is 16.8 Å². The Bertz CT molecular complexity index is 938. The van der Waals surface area contributed by atoms with E-state index in [0.717, 1.165) is 22.2 Å². The van der Waals surface area contributed by atoms with Gasteiger partial charge in [0.2, 0.25) is 0 Å². The van der Waals surface area contributed by atoms with E-state index >= 15 is 0 Å². The van der Waals surface area contributed by atoms with Crippen LogP contribution in [-0.2, 0) is 0 Å². The summed E-state index contributed by atoms with van der Waals surface area (Å²) in [5.41, 5.74) is 4.26. The van der Waals surface area contributed by atoms with E-state index in [0.29, 0.717) is 16.3 Å². The summed E-state index contributed by atoms with van der Waals surface area (Å²) in [5, 5.41) is 6.36. The highest BCUT2D eigenvalue weighted by Gasteiger charge is 2.15. The average molecular weight is 349 g/mol. The predicted octanol–water partition coefficient (Wildman–Crippen LogP) is 6.25. The Kier molecular flexibility index (Phi) is 4.17. The van der Waals surface area contributed by atoms with Gasteiger partial charge in [-0.3, -0.25) is 0 Å². The van der Waals surface area contributed by atoms with Crippen molar-refractivity contribution in [2.75, 3.05) is 0 Å². The van der Waals surface area contributed by atoms with Gasteiger partial charge in [0.15, 0.2) is 0 Å². The van der Waals surface area contributed by atoms with Gasteiger partial charge >= 0.3 is 0 Å². The Morgan fingerprint density at radius 2 is 1.87 bits per heavy atom. The van der Waals surface area contributed by atoms with E-state index < -0.39 is 5.82 Å². The first-order chi connectivity index (χ1) is 10.9. The Balaban J connectivity index is 2.34. The molecule has 0 atom stereocenters. The van der Waals surface area contributed by atoms with E-state index in [4.69, 9.17) is 23.2 Å². The molecule has 3 aromatic rings. The maximum atomic E-state index is 13.8. The Morgan fingerprint density at radius 3 is 2.52 bits per heavy atom. The second-order valence-corrected chi connectivity index (χ2v) is 6.50. The first kappa shape index (κ1) is 16.0. The fraction of sp³-hybridized carbons (Fsp3) is 0.167. The van der Waals surface area contributed by atoms with Crippen molar-refractivity contribution in [3.8, 4) is 11.3 Å². The van der Waals surface area contributed by atoms with Crippen molar-refractivity contribution in [2.24, 2.45) is 0 Å². The zero-order chi connectivity index (χ0) is 16.7. The highest BCUT2D eigenvalue weighted by Crippen LogP contribution is 2.32. The fourth-order valence-corrected chi connectivity index (χ4v) is 2.69. The minimum atomic E-state index is -0.458. The van der Waals surface area contributed by atoms with Gasteiger partial charge in [0.1, 0.15) is 11.5 Å². The summed E-state index contributed by atoms with van der Waals surface area (Å²) in [4.78, 5) is 0. The van der Waals surface area contributed by atoms with Gasteiger partial charge in [-0.2, -0.15) is 5.10 Å². The number of allylic oxidation sites excluding steroid dienone is 2. The topological polar surface area (TPSA) is 17.8 Å². The van der Waals surface area contributed by atoms with Crippen LogP contribution in [0.15, 0.2) is 41.4 Å². The van der Waals surface area contributed by atoms with Crippen LogP contribution in [0, 0.1) is 12.7 Å². The van der Waals surface area contributed by atoms with Crippen LogP contribution in [0.5, 0.6) is 0 Å². The van der Waals surface area contributed by atoms with Crippen molar-refractivity contribution in [3.05, 3.63) is 57.8 Å². The SMILES string of the molecule is C/C(Cl)=C(\C)n1nc(-c2ccc(Cl)c(F)c2)c2cc(C)ccc21.